The average molecular weight is 692 g/mol. The topological polar surface area (TPSA) is 13.1 Å². The Labute approximate surface area is 333 Å². The second-order valence-corrected chi connectivity index (χ2v) is 12.6. The van der Waals surface area contributed by atoms with Gasteiger partial charge >= 0.3 is 0 Å². The monoisotopic (exact) mass is 691 g/mol. The molecule has 11 rings (SSSR count). The van der Waals surface area contributed by atoms with E-state index in [1.807, 2.05) is 54.6 Å². The Morgan fingerprint density at radius 3 is 1.66 bits per heavy atom. The van der Waals surface area contributed by atoms with Gasteiger partial charge in [0.25, 0.3) is 0 Å². The first-order valence-electron chi connectivity index (χ1n) is 26.2. The molecule has 11 aromatic rings. The SMILES string of the molecule is [2H]c1c([2H])c([2H])c(-c2c3c([2H])c([2H])c([2H])c([2H])c3c(-c3c([2H])c([2H])c(-c4cccc5oc6ccc(-c7ccc8ccccc8c7)cc6c45)c4c([2H])c([2H])c([2H])c([2H])c34)c3c([2H])c([2H])c([2H])c([2H])c23)c([2H])c1[2H]. The summed E-state index contributed by atoms with van der Waals surface area (Å²) in [6.07, 6.45) is 0. The van der Waals surface area contributed by atoms with Gasteiger partial charge in [0.1, 0.15) is 11.2 Å². The number of furan rings is 1. The fourth-order valence-electron chi connectivity index (χ4n) is 7.41. The molecule has 1 heterocycles. The van der Waals surface area contributed by atoms with Gasteiger partial charge in [0.05, 0.1) is 26.0 Å². The van der Waals surface area contributed by atoms with Crippen LogP contribution in [0.15, 0.2) is 198 Å². The zero-order valence-electron chi connectivity index (χ0n) is 46.4. The molecule has 1 nitrogen and oxygen atoms in total. The zero-order valence-corrected chi connectivity index (χ0v) is 27.4. The Hall–Kier alpha value is -6.96. The summed E-state index contributed by atoms with van der Waals surface area (Å²) in [7, 11) is 0. The highest BCUT2D eigenvalue weighted by Gasteiger charge is 2.20. The smallest absolute Gasteiger partial charge is 0.136 e. The summed E-state index contributed by atoms with van der Waals surface area (Å²) in [5, 5.41) is 0.0244. The van der Waals surface area contributed by atoms with E-state index < -0.39 is 164 Å². The minimum atomic E-state index is -0.872. The van der Waals surface area contributed by atoms with Crippen molar-refractivity contribution in [3.8, 4) is 44.5 Å². The molecule has 0 saturated heterocycles. The summed E-state index contributed by atoms with van der Waals surface area (Å²) in [5.41, 5.74) is 0.262. The minimum Gasteiger partial charge on any atom is -0.456 e. The first kappa shape index (κ1) is 16.6. The van der Waals surface area contributed by atoms with Crippen LogP contribution in [-0.2, 0) is 0 Å². The fourth-order valence-corrected chi connectivity index (χ4v) is 7.41. The summed E-state index contributed by atoms with van der Waals surface area (Å²) in [4.78, 5) is 0. The molecule has 0 spiro atoms. The third-order valence-corrected chi connectivity index (χ3v) is 9.72. The molecule has 0 bridgehead atoms. The van der Waals surface area contributed by atoms with Crippen LogP contribution in [0, 0.1) is 0 Å². The maximum absolute atomic E-state index is 10.0. The van der Waals surface area contributed by atoms with E-state index in [0.717, 1.165) is 21.9 Å². The second kappa shape index (κ2) is 11.8. The average Bonchev–Trinajstić information content (AvgIpc) is 3.76. The van der Waals surface area contributed by atoms with Gasteiger partial charge in [-0.2, -0.15) is 0 Å². The van der Waals surface area contributed by atoms with Crippen LogP contribution in [-0.4, -0.2) is 0 Å². The van der Waals surface area contributed by atoms with Crippen molar-refractivity contribution in [2.24, 2.45) is 0 Å². The highest BCUT2D eigenvalue weighted by Crippen LogP contribution is 2.47. The van der Waals surface area contributed by atoms with Crippen molar-refractivity contribution in [1.29, 1.82) is 0 Å². The molecule has 0 unspecified atom stereocenters. The third-order valence-electron chi connectivity index (χ3n) is 9.72. The molecule has 0 radical (unpaired) electrons. The Morgan fingerprint density at radius 2 is 0.925 bits per heavy atom. The van der Waals surface area contributed by atoms with Crippen molar-refractivity contribution in [2.45, 2.75) is 0 Å². The Kier molecular flexibility index (Phi) is 3.69. The van der Waals surface area contributed by atoms with Crippen LogP contribution in [0.3, 0.4) is 0 Å². The van der Waals surface area contributed by atoms with E-state index in [9.17, 15) is 11.0 Å². The molecule has 0 atom stereocenters. The van der Waals surface area contributed by atoms with Crippen molar-refractivity contribution in [3.63, 3.8) is 0 Å². The van der Waals surface area contributed by atoms with Gasteiger partial charge in [-0.3, -0.25) is 0 Å². The molecule has 1 heteroatoms. The summed E-state index contributed by atoms with van der Waals surface area (Å²) < 4.78 is 180. The Balaban J connectivity index is 1.36. The molecule has 1 aromatic heterocycles. The maximum atomic E-state index is 10.0. The number of benzene rings is 10. The summed E-state index contributed by atoms with van der Waals surface area (Å²) in [6.45, 7) is 0. The molecule has 0 N–H and O–H groups in total. The lowest BCUT2D eigenvalue weighted by Gasteiger charge is -2.19. The van der Waals surface area contributed by atoms with Gasteiger partial charge in [0.15, 0.2) is 0 Å². The van der Waals surface area contributed by atoms with Crippen LogP contribution >= 0.6 is 0 Å². The molecule has 0 saturated carbocycles. The molecule has 0 aliphatic heterocycles. The van der Waals surface area contributed by atoms with Gasteiger partial charge in [-0.25, -0.2) is 0 Å². The highest BCUT2D eigenvalue weighted by atomic mass is 16.3. The zero-order chi connectivity index (χ0) is 51.4. The lowest BCUT2D eigenvalue weighted by Crippen LogP contribution is -1.92. The standard InChI is InChI=1S/C52H32O/c1-2-14-34(15-3-1)50-42-19-8-10-21-44(42)51(45-22-11-9-20-43(45)50)46-29-28-40(38-17-6-7-18-39(38)46)41-23-12-24-49-52(41)47-32-37(27-30-48(47)53-49)36-26-25-33-13-4-5-16-35(33)31-36/h1-32H/i1D,2D,3D,6D,7D,8D,9D,10D,11D,14D,15D,17D,18D,19D,20D,21D,22D,28D,29D. The van der Waals surface area contributed by atoms with Crippen molar-refractivity contribution in [1.82, 2.24) is 0 Å². The van der Waals surface area contributed by atoms with Gasteiger partial charge in [0.2, 0.25) is 0 Å². The van der Waals surface area contributed by atoms with Gasteiger partial charge in [-0.15, -0.1) is 0 Å². The minimum absolute atomic E-state index is 0.136. The van der Waals surface area contributed by atoms with Crippen molar-refractivity contribution >= 4 is 65.0 Å². The predicted octanol–water partition coefficient (Wildman–Crippen LogP) is 14.9. The molecule has 0 amide bonds. The molecular formula is C52H32O. The molecule has 246 valence electrons. The largest absolute Gasteiger partial charge is 0.456 e. The second-order valence-electron chi connectivity index (χ2n) is 12.6. The highest BCUT2D eigenvalue weighted by molar-refractivity contribution is 6.25. The quantitative estimate of drug-likeness (QED) is 0.167. The maximum Gasteiger partial charge on any atom is 0.136 e. The first-order valence-corrected chi connectivity index (χ1v) is 16.7. The van der Waals surface area contributed by atoms with E-state index in [1.54, 1.807) is 24.3 Å². The van der Waals surface area contributed by atoms with Crippen molar-refractivity contribution in [3.05, 3.63) is 194 Å². The normalized spacial score (nSPS) is 16.8. The Morgan fingerprint density at radius 1 is 0.340 bits per heavy atom. The van der Waals surface area contributed by atoms with Crippen molar-refractivity contribution < 1.29 is 30.5 Å². The number of rotatable bonds is 4. The van der Waals surface area contributed by atoms with Crippen molar-refractivity contribution in [2.75, 3.05) is 0 Å². The molecule has 0 aliphatic rings. The van der Waals surface area contributed by atoms with Gasteiger partial charge in [0, 0.05) is 10.8 Å². The van der Waals surface area contributed by atoms with Gasteiger partial charge in [-0.1, -0.05) is 169 Å². The molecule has 0 fully saturated rings. The molecular weight excluding hydrogens is 641 g/mol. The number of hydrogen-bond acceptors (Lipinski definition) is 1. The first-order chi connectivity index (χ1) is 34.2. The fraction of sp³-hybridized carbons (Fsp3) is 0. The summed E-state index contributed by atoms with van der Waals surface area (Å²) in [5.74, 6) is 0. The van der Waals surface area contributed by atoms with Crippen LogP contribution in [0.25, 0.3) is 110 Å². The predicted molar refractivity (Wildman–Crippen MR) is 225 cm³/mol. The lowest BCUT2D eigenvalue weighted by atomic mass is 9.83. The third kappa shape index (κ3) is 4.64. The Bertz CT molecular complexity index is 4220. The molecule has 10 aromatic carbocycles. The number of fused-ring (bicyclic) bond motifs is 7. The van der Waals surface area contributed by atoms with Gasteiger partial charge in [-0.05, 0) is 112 Å². The lowest BCUT2D eigenvalue weighted by molar-refractivity contribution is 0.669. The molecule has 0 aliphatic carbocycles. The van der Waals surface area contributed by atoms with E-state index >= 15 is 0 Å². The van der Waals surface area contributed by atoms with Crippen LogP contribution in [0.5, 0.6) is 0 Å². The van der Waals surface area contributed by atoms with Crippen LogP contribution in [0.1, 0.15) is 26.0 Å². The van der Waals surface area contributed by atoms with E-state index in [4.69, 9.17) is 19.5 Å². The van der Waals surface area contributed by atoms with E-state index in [1.165, 1.54) is 0 Å². The van der Waals surface area contributed by atoms with Crippen LogP contribution in [0.4, 0.5) is 0 Å². The summed E-state index contributed by atoms with van der Waals surface area (Å²) in [6, 6.07) is 8.98. The van der Waals surface area contributed by atoms with E-state index in [2.05, 4.69) is 0 Å². The molecule has 53 heavy (non-hydrogen) atoms. The van der Waals surface area contributed by atoms with E-state index in [-0.39, 0.29) is 16.5 Å². The van der Waals surface area contributed by atoms with E-state index in [0.29, 0.717) is 21.9 Å². The van der Waals surface area contributed by atoms with Crippen LogP contribution in [0.2, 0.25) is 0 Å². The number of hydrogen-bond donors (Lipinski definition) is 0. The van der Waals surface area contributed by atoms with Gasteiger partial charge < -0.3 is 4.42 Å². The summed E-state index contributed by atoms with van der Waals surface area (Å²) >= 11 is 0. The van der Waals surface area contributed by atoms with Crippen LogP contribution < -0.4 is 0 Å².